The fourth-order valence-corrected chi connectivity index (χ4v) is 8.87. The molecular weight excluding hydrogens is 787 g/mol. The fraction of sp³-hybridized carbons (Fsp3) is 0.327. The number of carbonyl (C=O) groups is 3. The molecular formula is C49H52F2N8O3. The summed E-state index contributed by atoms with van der Waals surface area (Å²) in [6.07, 6.45) is 3.76. The van der Waals surface area contributed by atoms with E-state index in [9.17, 15) is 18.4 Å². The number of ketones is 1. The number of benzene rings is 4. The van der Waals surface area contributed by atoms with E-state index < -0.39 is 23.5 Å². The van der Waals surface area contributed by atoms with Crippen LogP contribution in [-0.4, -0.2) is 122 Å². The largest absolute Gasteiger partial charge is 0.335 e. The van der Waals surface area contributed by atoms with Gasteiger partial charge in [-0.25, -0.2) is 8.78 Å². The third-order valence-corrected chi connectivity index (χ3v) is 12.4. The average Bonchev–Trinajstić information content (AvgIpc) is 3.87. The maximum absolute atomic E-state index is 15.1. The number of Topliss-reactive ketones (excluding diaryl/α,β-unsaturated/α-hetero) is 1. The lowest BCUT2D eigenvalue weighted by Crippen LogP contribution is -2.51. The summed E-state index contributed by atoms with van der Waals surface area (Å²) in [4.78, 5) is 51.0. The zero-order chi connectivity index (χ0) is 43.5. The van der Waals surface area contributed by atoms with Crippen LogP contribution in [0.5, 0.6) is 0 Å². The third-order valence-electron chi connectivity index (χ3n) is 12.4. The smallest absolute Gasteiger partial charge is 0.275 e. The van der Waals surface area contributed by atoms with Crippen molar-refractivity contribution in [2.45, 2.75) is 25.7 Å². The highest BCUT2D eigenvalue weighted by atomic mass is 19.1. The van der Waals surface area contributed by atoms with Crippen molar-refractivity contribution in [3.05, 3.63) is 155 Å². The van der Waals surface area contributed by atoms with Crippen molar-refractivity contribution in [2.75, 3.05) is 65.4 Å². The topological polar surface area (TPSA) is 99.8 Å². The van der Waals surface area contributed by atoms with Crippen LogP contribution in [0.2, 0.25) is 0 Å². The molecule has 8 rings (SSSR count). The molecule has 2 atom stereocenters. The molecule has 13 heteroatoms. The number of rotatable bonds is 12. The number of hydrogen-bond acceptors (Lipinski definition) is 7. The summed E-state index contributed by atoms with van der Waals surface area (Å²) in [5.74, 6) is -2.41. The first-order chi connectivity index (χ1) is 29.9. The Labute approximate surface area is 361 Å². The quantitative estimate of drug-likeness (QED) is 0.135. The summed E-state index contributed by atoms with van der Waals surface area (Å²) in [6, 6.07) is 28.1. The molecule has 0 aliphatic carbocycles. The van der Waals surface area contributed by atoms with Gasteiger partial charge in [-0.15, -0.1) is 0 Å². The second-order valence-electron chi connectivity index (χ2n) is 16.6. The van der Waals surface area contributed by atoms with Crippen molar-refractivity contribution in [3.8, 4) is 22.3 Å². The highest BCUT2D eigenvalue weighted by Crippen LogP contribution is 2.32. The van der Waals surface area contributed by atoms with E-state index in [1.165, 1.54) is 24.3 Å². The van der Waals surface area contributed by atoms with E-state index in [1.54, 1.807) is 33.6 Å². The molecule has 62 heavy (non-hydrogen) atoms. The van der Waals surface area contributed by atoms with Gasteiger partial charge in [0.1, 0.15) is 17.4 Å². The summed E-state index contributed by atoms with van der Waals surface area (Å²) in [5.41, 5.74) is 7.82. The summed E-state index contributed by atoms with van der Waals surface area (Å²) in [7, 11) is 3.63. The normalized spacial score (nSPS) is 16.0. The van der Waals surface area contributed by atoms with Gasteiger partial charge in [0.05, 0.1) is 11.8 Å². The molecule has 11 nitrogen and oxygen atoms in total. The minimum absolute atomic E-state index is 0.0621. The average molecular weight is 839 g/mol. The number of piperazine rings is 2. The number of hydrogen-bond donors (Lipinski definition) is 0. The Morgan fingerprint density at radius 1 is 0.516 bits per heavy atom. The molecule has 0 bridgehead atoms. The molecule has 2 unspecified atom stereocenters. The van der Waals surface area contributed by atoms with Crippen LogP contribution in [0, 0.1) is 25.5 Å². The molecule has 2 aromatic heterocycles. The molecule has 320 valence electrons. The standard InChI is InChI=1S/C49H52F2N8O3/c1-33-9-5-7-11-39(33)43-29-54(3)52-45(43)48(61)58-25-21-56(22-26-58)31-41(35-13-17-37(50)18-14-35)47(60)42(36-15-19-38(51)20-16-36)32-57-23-27-59(28-24-57)49(62)46-44(30-55(4)53-46)40-12-8-6-10-34(40)2/h5-20,29-30,41-42H,21-28,31-32H2,1-4H3. The first-order valence-corrected chi connectivity index (χ1v) is 21.2. The van der Waals surface area contributed by atoms with Gasteiger partial charge in [0.25, 0.3) is 11.8 Å². The summed E-state index contributed by atoms with van der Waals surface area (Å²) in [5, 5.41) is 9.15. The van der Waals surface area contributed by atoms with Gasteiger partial charge in [0.15, 0.2) is 11.4 Å². The molecule has 4 aromatic carbocycles. The molecule has 0 radical (unpaired) electrons. The minimum Gasteiger partial charge on any atom is -0.335 e. The molecule has 0 N–H and O–H groups in total. The van der Waals surface area contributed by atoms with Crippen LogP contribution >= 0.6 is 0 Å². The van der Waals surface area contributed by atoms with Crippen molar-refractivity contribution in [2.24, 2.45) is 14.1 Å². The first kappa shape index (κ1) is 42.4. The molecule has 4 heterocycles. The summed E-state index contributed by atoms with van der Waals surface area (Å²) >= 11 is 0. The number of aryl methyl sites for hydroxylation is 4. The zero-order valence-electron chi connectivity index (χ0n) is 35.7. The SMILES string of the molecule is Cc1ccccc1-c1cn(C)nc1C(=O)N1CCN(CC(C(=O)C(CN2CCN(C(=O)c3nn(C)cc3-c3ccccc3C)CC2)c2ccc(F)cc2)c2ccc(F)cc2)CC1. The Kier molecular flexibility index (Phi) is 12.5. The van der Waals surface area contributed by atoms with E-state index in [0.29, 0.717) is 88.0 Å². The van der Waals surface area contributed by atoms with Gasteiger partial charge >= 0.3 is 0 Å². The lowest BCUT2D eigenvalue weighted by Gasteiger charge is -2.38. The van der Waals surface area contributed by atoms with E-state index >= 15 is 4.79 Å². The fourth-order valence-electron chi connectivity index (χ4n) is 8.87. The second kappa shape index (κ2) is 18.3. The Hall–Kier alpha value is -6.31. The predicted molar refractivity (Wildman–Crippen MR) is 235 cm³/mol. The predicted octanol–water partition coefficient (Wildman–Crippen LogP) is 6.74. The highest BCUT2D eigenvalue weighted by Gasteiger charge is 2.36. The van der Waals surface area contributed by atoms with Gasteiger partial charge in [-0.1, -0.05) is 72.8 Å². The van der Waals surface area contributed by atoms with Crippen molar-refractivity contribution in [1.82, 2.24) is 39.2 Å². The molecule has 0 spiro atoms. The molecule has 2 fully saturated rings. The van der Waals surface area contributed by atoms with Crippen molar-refractivity contribution in [1.29, 1.82) is 0 Å². The Balaban J connectivity index is 0.979. The van der Waals surface area contributed by atoms with Crippen LogP contribution in [-0.2, 0) is 18.9 Å². The van der Waals surface area contributed by atoms with Gasteiger partial charge < -0.3 is 9.80 Å². The van der Waals surface area contributed by atoms with Crippen LogP contribution in [0.4, 0.5) is 8.78 Å². The maximum Gasteiger partial charge on any atom is 0.275 e. The van der Waals surface area contributed by atoms with E-state index in [1.807, 2.05) is 98.7 Å². The molecule has 2 amide bonds. The lowest BCUT2D eigenvalue weighted by atomic mass is 9.82. The molecule has 2 saturated heterocycles. The van der Waals surface area contributed by atoms with Crippen LogP contribution in [0.15, 0.2) is 109 Å². The Bertz CT molecular complexity index is 2380. The van der Waals surface area contributed by atoms with Crippen LogP contribution in [0.3, 0.4) is 0 Å². The summed E-state index contributed by atoms with van der Waals surface area (Å²) < 4.78 is 32.0. The van der Waals surface area contributed by atoms with E-state index in [-0.39, 0.29) is 17.6 Å². The molecule has 2 aliphatic rings. The number of amides is 2. The van der Waals surface area contributed by atoms with Gasteiger partial charge in [-0.3, -0.25) is 33.5 Å². The van der Waals surface area contributed by atoms with Crippen molar-refractivity contribution in [3.63, 3.8) is 0 Å². The van der Waals surface area contributed by atoms with Crippen molar-refractivity contribution < 1.29 is 23.2 Å². The number of halogens is 2. The second-order valence-corrected chi connectivity index (χ2v) is 16.6. The highest BCUT2D eigenvalue weighted by molar-refractivity contribution is 6.00. The summed E-state index contributed by atoms with van der Waals surface area (Å²) in [6.45, 7) is 8.66. The van der Waals surface area contributed by atoms with Crippen LogP contribution in [0.25, 0.3) is 22.3 Å². The Morgan fingerprint density at radius 3 is 1.23 bits per heavy atom. The maximum atomic E-state index is 15.1. The van der Waals surface area contributed by atoms with Crippen molar-refractivity contribution >= 4 is 17.6 Å². The van der Waals surface area contributed by atoms with E-state index in [2.05, 4.69) is 20.0 Å². The van der Waals surface area contributed by atoms with Gasteiger partial charge in [0.2, 0.25) is 0 Å². The first-order valence-electron chi connectivity index (χ1n) is 21.2. The van der Waals surface area contributed by atoms with Gasteiger partial charge in [-0.05, 0) is 71.5 Å². The van der Waals surface area contributed by atoms with Crippen LogP contribution < -0.4 is 0 Å². The number of carbonyl (C=O) groups excluding carboxylic acids is 3. The van der Waals surface area contributed by atoms with Gasteiger partial charge in [0, 0.05) is 103 Å². The minimum atomic E-state index is -0.636. The van der Waals surface area contributed by atoms with E-state index in [0.717, 1.165) is 33.4 Å². The third kappa shape index (κ3) is 9.14. The van der Waals surface area contributed by atoms with E-state index in [4.69, 9.17) is 0 Å². The zero-order valence-corrected chi connectivity index (χ0v) is 35.7. The number of aromatic nitrogens is 4. The molecule has 6 aromatic rings. The molecule has 2 aliphatic heterocycles. The number of nitrogens with zero attached hydrogens (tertiary/aromatic N) is 8. The van der Waals surface area contributed by atoms with Gasteiger partial charge in [-0.2, -0.15) is 10.2 Å². The monoisotopic (exact) mass is 838 g/mol. The Morgan fingerprint density at radius 2 is 0.871 bits per heavy atom. The lowest BCUT2D eigenvalue weighted by molar-refractivity contribution is -0.123. The van der Waals surface area contributed by atoms with Crippen LogP contribution in [0.1, 0.15) is 55.1 Å². The molecule has 0 saturated carbocycles.